The van der Waals surface area contributed by atoms with Gasteiger partial charge in [-0.25, -0.2) is 0 Å². The molecule has 18 heavy (non-hydrogen) atoms. The van der Waals surface area contributed by atoms with Crippen molar-refractivity contribution in [2.24, 2.45) is 11.8 Å². The van der Waals surface area contributed by atoms with Gasteiger partial charge in [0.1, 0.15) is 0 Å². The van der Waals surface area contributed by atoms with Crippen LogP contribution in [0.2, 0.25) is 15.8 Å². The molecule has 0 radical (unpaired) electrons. The van der Waals surface area contributed by atoms with Crippen LogP contribution in [-0.4, -0.2) is 14.1 Å². The highest BCUT2D eigenvalue weighted by molar-refractivity contribution is 6.59. The quantitative estimate of drug-likeness (QED) is 0.560. The van der Waals surface area contributed by atoms with Gasteiger partial charge < -0.3 is 0 Å². The van der Waals surface area contributed by atoms with Gasteiger partial charge in [-0.15, -0.1) is 0 Å². The molecule has 0 aliphatic carbocycles. The van der Waals surface area contributed by atoms with Crippen LogP contribution < -0.4 is 0 Å². The molecule has 0 N–H and O–H groups in total. The lowest BCUT2D eigenvalue weighted by Crippen LogP contribution is -2.19. The molecular formula is C17H29Al. The van der Waals surface area contributed by atoms with Gasteiger partial charge in [0.25, 0.3) is 14.1 Å². The Bertz CT molecular complexity index is 306. The van der Waals surface area contributed by atoms with Crippen molar-refractivity contribution in [2.75, 3.05) is 0 Å². The minimum absolute atomic E-state index is 0.577. The second-order valence-corrected chi connectivity index (χ2v) is 9.82. The maximum absolute atomic E-state index is 2.41. The normalized spacial score (nSPS) is 13.1. The number of hydrogen-bond acceptors (Lipinski definition) is 0. The Balaban J connectivity index is 2.59. The molecule has 100 valence electrons. The average Bonchev–Trinajstić information content (AvgIpc) is 2.28. The van der Waals surface area contributed by atoms with Crippen molar-refractivity contribution >= 4 is 14.1 Å². The van der Waals surface area contributed by atoms with Crippen LogP contribution >= 0.6 is 0 Å². The fraction of sp³-hybridized carbons (Fsp3) is 0.647. The van der Waals surface area contributed by atoms with Gasteiger partial charge in [-0.2, -0.15) is 0 Å². The zero-order chi connectivity index (χ0) is 13.5. The molecule has 0 aliphatic heterocycles. The molecule has 0 heterocycles. The van der Waals surface area contributed by atoms with Crippen LogP contribution in [0.15, 0.2) is 30.3 Å². The van der Waals surface area contributed by atoms with Crippen molar-refractivity contribution in [3.63, 3.8) is 0 Å². The third-order valence-corrected chi connectivity index (χ3v) is 8.26. The monoisotopic (exact) mass is 260 g/mol. The van der Waals surface area contributed by atoms with Crippen LogP contribution in [0.5, 0.6) is 0 Å². The lowest BCUT2D eigenvalue weighted by molar-refractivity contribution is 0.679. The summed E-state index contributed by atoms with van der Waals surface area (Å²) in [6, 6.07) is 11.1. The number of rotatable bonds is 7. The first kappa shape index (κ1) is 15.8. The van der Waals surface area contributed by atoms with Crippen LogP contribution in [0, 0.1) is 11.8 Å². The zero-order valence-corrected chi connectivity index (χ0v) is 14.0. The van der Waals surface area contributed by atoms with Crippen molar-refractivity contribution in [1.82, 2.24) is 0 Å². The molecule has 0 fully saturated rings. The third-order valence-electron chi connectivity index (χ3n) is 3.66. The van der Waals surface area contributed by atoms with Gasteiger partial charge in [-0.3, -0.25) is 0 Å². The number of hydrogen-bond donors (Lipinski definition) is 0. The molecule has 0 nitrogen and oxygen atoms in total. The van der Waals surface area contributed by atoms with Crippen LogP contribution in [0.1, 0.15) is 46.1 Å². The standard InChI is InChI=1S/C9H11.2C4H9.Al/c1-8(2)9-6-4-3-5-7-9;2*1-4(2)3;/h3-8H,1H2,2H3;2*4H,1H2,2-3H3;. The van der Waals surface area contributed by atoms with E-state index in [1.165, 1.54) is 21.4 Å². The van der Waals surface area contributed by atoms with E-state index in [-0.39, 0.29) is 0 Å². The number of benzene rings is 1. The van der Waals surface area contributed by atoms with Crippen molar-refractivity contribution in [3.05, 3.63) is 35.9 Å². The van der Waals surface area contributed by atoms with Crippen molar-refractivity contribution < 1.29 is 0 Å². The fourth-order valence-electron chi connectivity index (χ4n) is 3.04. The maximum atomic E-state index is 2.41. The average molecular weight is 260 g/mol. The summed E-state index contributed by atoms with van der Waals surface area (Å²) in [5.74, 6) is 2.51. The molecule has 1 aromatic carbocycles. The van der Waals surface area contributed by atoms with Gasteiger partial charge in [0, 0.05) is 0 Å². The lowest BCUT2D eigenvalue weighted by Gasteiger charge is -2.20. The van der Waals surface area contributed by atoms with Crippen LogP contribution in [0.3, 0.4) is 0 Å². The van der Waals surface area contributed by atoms with E-state index in [9.17, 15) is 0 Å². The molecule has 1 unspecified atom stereocenters. The molecular weight excluding hydrogens is 231 g/mol. The molecule has 1 heteroatoms. The van der Waals surface area contributed by atoms with Gasteiger partial charge in [0.2, 0.25) is 0 Å². The van der Waals surface area contributed by atoms with Gasteiger partial charge in [-0.05, 0) is 11.5 Å². The first-order valence-electron chi connectivity index (χ1n) is 7.54. The second kappa shape index (κ2) is 8.03. The summed E-state index contributed by atoms with van der Waals surface area (Å²) in [7, 11) is 0. The smallest absolute Gasteiger partial charge is 0.0915 e. The molecule has 1 aromatic rings. The molecule has 0 bridgehead atoms. The Labute approximate surface area is 118 Å². The van der Waals surface area contributed by atoms with Crippen molar-refractivity contribution in [1.29, 1.82) is 0 Å². The molecule has 0 amide bonds. The van der Waals surface area contributed by atoms with E-state index in [0.717, 1.165) is 17.8 Å². The van der Waals surface area contributed by atoms with Crippen LogP contribution in [-0.2, 0) is 0 Å². The highest BCUT2D eigenvalue weighted by Crippen LogP contribution is 2.27. The summed E-state index contributed by atoms with van der Waals surface area (Å²) < 4.78 is 0. The van der Waals surface area contributed by atoms with Gasteiger partial charge in [0.05, 0.1) is 0 Å². The van der Waals surface area contributed by atoms with E-state index in [0.29, 0.717) is 0 Å². The van der Waals surface area contributed by atoms with E-state index in [1.807, 2.05) is 0 Å². The van der Waals surface area contributed by atoms with Crippen molar-refractivity contribution in [3.8, 4) is 0 Å². The van der Waals surface area contributed by atoms with E-state index < -0.39 is 14.1 Å². The summed E-state index contributed by atoms with van der Waals surface area (Å²) in [5.41, 5.74) is 1.53. The topological polar surface area (TPSA) is 0 Å². The Morgan fingerprint density at radius 2 is 1.28 bits per heavy atom. The summed E-state index contributed by atoms with van der Waals surface area (Å²) in [5, 5.41) is 4.49. The van der Waals surface area contributed by atoms with Gasteiger partial charge in [0.15, 0.2) is 0 Å². The van der Waals surface area contributed by atoms with Gasteiger partial charge in [-0.1, -0.05) is 92.6 Å². The molecule has 0 saturated carbocycles. The molecule has 1 rings (SSSR count). The van der Waals surface area contributed by atoms with Gasteiger partial charge >= 0.3 is 0 Å². The first-order chi connectivity index (χ1) is 8.49. The summed E-state index contributed by atoms with van der Waals surface area (Å²) in [4.78, 5) is 0. The highest BCUT2D eigenvalue weighted by Gasteiger charge is 2.22. The van der Waals surface area contributed by atoms with Crippen LogP contribution in [0.4, 0.5) is 0 Å². The molecule has 0 aromatic heterocycles. The van der Waals surface area contributed by atoms with E-state index in [4.69, 9.17) is 0 Å². The molecule has 0 saturated heterocycles. The minimum atomic E-state index is -0.577. The van der Waals surface area contributed by atoms with E-state index >= 15 is 0 Å². The minimum Gasteiger partial charge on any atom is -0.0915 e. The van der Waals surface area contributed by atoms with E-state index in [1.54, 1.807) is 0 Å². The summed E-state index contributed by atoms with van der Waals surface area (Å²) in [6.07, 6.45) is 0. The Morgan fingerprint density at radius 1 is 0.778 bits per heavy atom. The summed E-state index contributed by atoms with van der Waals surface area (Å²) in [6.45, 7) is 11.9. The predicted octanol–water partition coefficient (Wildman–Crippen LogP) is 5.60. The maximum Gasteiger partial charge on any atom is 0.263 e. The Hall–Kier alpha value is -0.248. The fourth-order valence-corrected chi connectivity index (χ4v) is 7.56. The van der Waals surface area contributed by atoms with Crippen molar-refractivity contribution in [2.45, 2.75) is 56.4 Å². The Kier molecular flexibility index (Phi) is 7.05. The van der Waals surface area contributed by atoms with Crippen LogP contribution in [0.25, 0.3) is 0 Å². The molecule has 1 atom stereocenters. The predicted molar refractivity (Wildman–Crippen MR) is 84.7 cm³/mol. The first-order valence-corrected chi connectivity index (χ1v) is 9.99. The Morgan fingerprint density at radius 3 is 1.72 bits per heavy atom. The highest BCUT2D eigenvalue weighted by atomic mass is 27.2. The molecule has 0 aliphatic rings. The zero-order valence-electron chi connectivity index (χ0n) is 12.8. The van der Waals surface area contributed by atoms with E-state index in [2.05, 4.69) is 65.0 Å². The molecule has 0 spiro atoms. The third kappa shape index (κ3) is 6.08. The largest absolute Gasteiger partial charge is 0.263 e. The second-order valence-electron chi connectivity index (χ2n) is 6.67. The SMILES string of the molecule is CC(C)[CH2][Al]([CH2]C(C)C)[CH2]C(C)c1ccccc1. The summed E-state index contributed by atoms with van der Waals surface area (Å²) >= 11 is -0.577. The lowest BCUT2D eigenvalue weighted by atomic mass is 10.0.